The van der Waals surface area contributed by atoms with E-state index in [-0.39, 0.29) is 12.0 Å². The number of rotatable bonds is 1. The number of aromatic amines is 1. The molecule has 2 aromatic rings. The van der Waals surface area contributed by atoms with Gasteiger partial charge in [0.1, 0.15) is 0 Å². The molecular formula is C14H16N2O2. The molecular weight excluding hydrogens is 228 g/mol. The first-order chi connectivity index (χ1) is 8.56. The molecule has 0 bridgehead atoms. The van der Waals surface area contributed by atoms with Crippen molar-refractivity contribution in [3.05, 3.63) is 35.0 Å². The number of aryl methyl sites for hydroxylation is 2. The van der Waals surface area contributed by atoms with Crippen molar-refractivity contribution in [3.8, 4) is 0 Å². The van der Waals surface area contributed by atoms with Crippen LogP contribution in [0.25, 0.3) is 10.9 Å². The van der Waals surface area contributed by atoms with Crippen LogP contribution in [-0.2, 0) is 0 Å². The summed E-state index contributed by atoms with van der Waals surface area (Å²) in [6.45, 7) is 4.97. The van der Waals surface area contributed by atoms with E-state index in [1.165, 1.54) is 5.56 Å². The number of carbonyl (C=O) groups is 1. The van der Waals surface area contributed by atoms with E-state index in [0.29, 0.717) is 18.7 Å². The number of likely N-dealkylation sites (tertiary alicyclic amines) is 1. The zero-order chi connectivity index (χ0) is 12.9. The molecule has 1 amide bonds. The topological polar surface area (TPSA) is 56.3 Å². The zero-order valence-corrected chi connectivity index (χ0v) is 10.5. The number of carbonyl (C=O) groups excluding carboxylic acids is 1. The fourth-order valence-electron chi connectivity index (χ4n) is 2.40. The minimum atomic E-state index is -0.353. The molecule has 1 fully saturated rings. The van der Waals surface area contributed by atoms with Crippen molar-refractivity contribution in [1.29, 1.82) is 0 Å². The molecule has 1 aromatic carbocycles. The van der Waals surface area contributed by atoms with Gasteiger partial charge in [0.05, 0.1) is 6.10 Å². The first-order valence-corrected chi connectivity index (χ1v) is 6.12. The van der Waals surface area contributed by atoms with Crippen molar-refractivity contribution < 1.29 is 9.90 Å². The predicted molar refractivity (Wildman–Crippen MR) is 69.7 cm³/mol. The summed E-state index contributed by atoms with van der Waals surface area (Å²) in [5.74, 6) is 0.000420. The molecule has 1 saturated heterocycles. The second-order valence-corrected chi connectivity index (χ2v) is 5.00. The number of aliphatic hydroxyl groups excluding tert-OH is 1. The van der Waals surface area contributed by atoms with Gasteiger partial charge in [0.25, 0.3) is 5.91 Å². The lowest BCUT2D eigenvalue weighted by atomic mass is 10.1. The van der Waals surface area contributed by atoms with Crippen molar-refractivity contribution in [2.24, 2.45) is 0 Å². The lowest BCUT2D eigenvalue weighted by Gasteiger charge is -2.35. The third-order valence-corrected chi connectivity index (χ3v) is 3.70. The van der Waals surface area contributed by atoms with Crippen LogP contribution < -0.4 is 0 Å². The first-order valence-electron chi connectivity index (χ1n) is 6.12. The molecule has 4 heteroatoms. The van der Waals surface area contributed by atoms with Gasteiger partial charge in [-0.2, -0.15) is 0 Å². The number of β-amino-alcohol motifs (C(OH)–C–C–N with tert-alkyl or cyclic N) is 1. The Hall–Kier alpha value is -1.81. The highest BCUT2D eigenvalue weighted by molar-refractivity contribution is 5.99. The molecule has 0 spiro atoms. The molecule has 0 unspecified atom stereocenters. The summed E-state index contributed by atoms with van der Waals surface area (Å²) in [5, 5.41) is 10.3. The first kappa shape index (κ1) is 11.3. The average molecular weight is 244 g/mol. The zero-order valence-electron chi connectivity index (χ0n) is 10.5. The van der Waals surface area contributed by atoms with Crippen LogP contribution in [-0.4, -0.2) is 40.1 Å². The molecule has 18 heavy (non-hydrogen) atoms. The Bertz CT molecular complexity index is 624. The van der Waals surface area contributed by atoms with E-state index in [1.54, 1.807) is 4.90 Å². The van der Waals surface area contributed by atoms with Crippen LogP contribution in [0.2, 0.25) is 0 Å². The Balaban J connectivity index is 1.97. The summed E-state index contributed by atoms with van der Waals surface area (Å²) in [6, 6.07) is 5.71. The number of H-pyrrole nitrogens is 1. The molecule has 2 N–H and O–H groups in total. The van der Waals surface area contributed by atoms with Crippen molar-refractivity contribution in [2.45, 2.75) is 20.0 Å². The smallest absolute Gasteiger partial charge is 0.254 e. The van der Waals surface area contributed by atoms with Crippen LogP contribution in [0.15, 0.2) is 18.2 Å². The number of aromatic nitrogens is 1. The highest BCUT2D eigenvalue weighted by atomic mass is 16.3. The lowest BCUT2D eigenvalue weighted by Crippen LogP contribution is -2.53. The lowest BCUT2D eigenvalue weighted by molar-refractivity contribution is 0.00591. The highest BCUT2D eigenvalue weighted by Gasteiger charge is 2.29. The number of hydrogen-bond acceptors (Lipinski definition) is 2. The molecule has 1 aliphatic heterocycles. The summed E-state index contributed by atoms with van der Waals surface area (Å²) in [4.78, 5) is 17.1. The van der Waals surface area contributed by atoms with E-state index in [9.17, 15) is 9.90 Å². The highest BCUT2D eigenvalue weighted by Crippen LogP contribution is 2.23. The van der Waals surface area contributed by atoms with E-state index in [4.69, 9.17) is 0 Å². The SMILES string of the molecule is Cc1[nH]c2ccc(C(=O)N3CC(O)C3)cc2c1C. The maximum absolute atomic E-state index is 12.1. The van der Waals surface area contributed by atoms with Gasteiger partial charge in [0.2, 0.25) is 0 Å². The van der Waals surface area contributed by atoms with Gasteiger partial charge in [0.15, 0.2) is 0 Å². The largest absolute Gasteiger partial charge is 0.389 e. The molecule has 0 aliphatic carbocycles. The quantitative estimate of drug-likeness (QED) is 0.800. The van der Waals surface area contributed by atoms with Crippen molar-refractivity contribution in [1.82, 2.24) is 9.88 Å². The van der Waals surface area contributed by atoms with Crippen LogP contribution in [0, 0.1) is 13.8 Å². The monoisotopic (exact) mass is 244 g/mol. The third kappa shape index (κ3) is 1.61. The molecule has 0 atom stereocenters. The number of amides is 1. The van der Waals surface area contributed by atoms with E-state index < -0.39 is 0 Å². The number of nitrogens with zero attached hydrogens (tertiary/aromatic N) is 1. The summed E-state index contributed by atoms with van der Waals surface area (Å²) < 4.78 is 0. The van der Waals surface area contributed by atoms with E-state index in [0.717, 1.165) is 16.6 Å². The van der Waals surface area contributed by atoms with Gasteiger partial charge in [-0.05, 0) is 37.6 Å². The average Bonchev–Trinajstić information content (AvgIpc) is 2.60. The molecule has 94 valence electrons. The number of hydrogen-bond donors (Lipinski definition) is 2. The molecule has 4 nitrogen and oxygen atoms in total. The minimum absolute atomic E-state index is 0.000420. The van der Waals surface area contributed by atoms with E-state index in [2.05, 4.69) is 11.9 Å². The number of nitrogens with one attached hydrogen (secondary N) is 1. The normalized spacial score (nSPS) is 16.1. The van der Waals surface area contributed by atoms with Gasteiger partial charge in [-0.1, -0.05) is 0 Å². The molecule has 1 aliphatic rings. The predicted octanol–water partition coefficient (Wildman–Crippen LogP) is 1.60. The summed E-state index contributed by atoms with van der Waals surface area (Å²) in [5.41, 5.74) is 4.07. The molecule has 3 rings (SSSR count). The van der Waals surface area contributed by atoms with Crippen LogP contribution in [0.5, 0.6) is 0 Å². The van der Waals surface area contributed by atoms with Crippen LogP contribution in [0.3, 0.4) is 0 Å². The fraction of sp³-hybridized carbons (Fsp3) is 0.357. The summed E-state index contributed by atoms with van der Waals surface area (Å²) in [6.07, 6.45) is -0.353. The molecule has 2 heterocycles. The van der Waals surface area contributed by atoms with Gasteiger partial charge in [-0.3, -0.25) is 4.79 Å². The Morgan fingerprint density at radius 3 is 2.78 bits per heavy atom. The van der Waals surface area contributed by atoms with Gasteiger partial charge in [-0.25, -0.2) is 0 Å². The fourth-order valence-corrected chi connectivity index (χ4v) is 2.40. The van der Waals surface area contributed by atoms with Gasteiger partial charge >= 0.3 is 0 Å². The molecule has 0 radical (unpaired) electrons. The van der Waals surface area contributed by atoms with Crippen molar-refractivity contribution >= 4 is 16.8 Å². The maximum atomic E-state index is 12.1. The van der Waals surface area contributed by atoms with Gasteiger partial charge in [0, 0.05) is 35.2 Å². The Morgan fingerprint density at radius 1 is 1.39 bits per heavy atom. The van der Waals surface area contributed by atoms with Crippen LogP contribution in [0.4, 0.5) is 0 Å². The Labute approximate surface area is 105 Å². The van der Waals surface area contributed by atoms with Crippen LogP contribution in [0.1, 0.15) is 21.6 Å². The maximum Gasteiger partial charge on any atom is 0.254 e. The standard InChI is InChI=1S/C14H16N2O2/c1-8-9(2)15-13-4-3-10(5-12(8)13)14(18)16-6-11(17)7-16/h3-5,11,15,17H,6-7H2,1-2H3. The Morgan fingerprint density at radius 2 is 2.11 bits per heavy atom. The van der Waals surface area contributed by atoms with Crippen molar-refractivity contribution in [3.63, 3.8) is 0 Å². The molecule has 1 aromatic heterocycles. The second kappa shape index (κ2) is 3.85. The minimum Gasteiger partial charge on any atom is -0.389 e. The third-order valence-electron chi connectivity index (χ3n) is 3.70. The van der Waals surface area contributed by atoms with E-state index >= 15 is 0 Å². The summed E-state index contributed by atoms with van der Waals surface area (Å²) in [7, 11) is 0. The number of fused-ring (bicyclic) bond motifs is 1. The summed E-state index contributed by atoms with van der Waals surface area (Å²) >= 11 is 0. The van der Waals surface area contributed by atoms with Gasteiger partial charge < -0.3 is 15.0 Å². The number of benzene rings is 1. The van der Waals surface area contributed by atoms with E-state index in [1.807, 2.05) is 25.1 Å². The Kier molecular flexibility index (Phi) is 2.41. The molecule has 0 saturated carbocycles. The van der Waals surface area contributed by atoms with Gasteiger partial charge in [-0.15, -0.1) is 0 Å². The number of aliphatic hydroxyl groups is 1. The van der Waals surface area contributed by atoms with Crippen molar-refractivity contribution in [2.75, 3.05) is 13.1 Å². The van der Waals surface area contributed by atoms with Crippen LogP contribution >= 0.6 is 0 Å². The second-order valence-electron chi connectivity index (χ2n) is 5.00.